The zero-order valence-corrected chi connectivity index (χ0v) is 11.2. The Bertz CT molecular complexity index is 316. The topological polar surface area (TPSA) is 76.7 Å². The van der Waals surface area contributed by atoms with Crippen LogP contribution in [0.25, 0.3) is 0 Å². The van der Waals surface area contributed by atoms with Crippen molar-refractivity contribution < 1.29 is 19.1 Å². The molecule has 6 nitrogen and oxygen atoms in total. The van der Waals surface area contributed by atoms with E-state index in [2.05, 4.69) is 17.2 Å². The van der Waals surface area contributed by atoms with Crippen molar-refractivity contribution in [1.82, 2.24) is 10.6 Å². The van der Waals surface area contributed by atoms with E-state index >= 15 is 0 Å². The number of thioether (sulfide) groups is 1. The van der Waals surface area contributed by atoms with Crippen molar-refractivity contribution >= 4 is 22.9 Å². The average molecular weight is 274 g/mol. The van der Waals surface area contributed by atoms with Gasteiger partial charge in [-0.1, -0.05) is 18.3 Å². The summed E-state index contributed by atoms with van der Waals surface area (Å²) in [4.78, 5) is 22.6. The molecule has 0 aromatic rings. The standard InChI is InChI=1S/C11H18N2O4S/c1-8(2)10(14)12-3-4-13-11(15)18-9-5-16-7-17-6-9/h9H,1,3-7H2,2H3,(H,12,14)(H,13,15). The zero-order valence-electron chi connectivity index (χ0n) is 10.4. The molecular weight excluding hydrogens is 256 g/mol. The zero-order chi connectivity index (χ0) is 13.4. The third kappa shape index (κ3) is 6.04. The van der Waals surface area contributed by atoms with Gasteiger partial charge in [0.05, 0.1) is 18.5 Å². The molecule has 0 radical (unpaired) electrons. The van der Waals surface area contributed by atoms with Crippen LogP contribution in [0.4, 0.5) is 4.79 Å². The summed E-state index contributed by atoms with van der Waals surface area (Å²) in [6.45, 7) is 7.25. The fourth-order valence-corrected chi connectivity index (χ4v) is 2.04. The fraction of sp³-hybridized carbons (Fsp3) is 0.636. The van der Waals surface area contributed by atoms with E-state index in [9.17, 15) is 9.59 Å². The Morgan fingerprint density at radius 2 is 1.89 bits per heavy atom. The normalized spacial score (nSPS) is 16.1. The van der Waals surface area contributed by atoms with Gasteiger partial charge in [0.15, 0.2) is 0 Å². The quantitative estimate of drug-likeness (QED) is 0.564. The first-order chi connectivity index (χ1) is 8.59. The Labute approximate surface area is 110 Å². The van der Waals surface area contributed by atoms with Gasteiger partial charge in [-0.15, -0.1) is 0 Å². The minimum Gasteiger partial charge on any atom is -0.354 e. The Morgan fingerprint density at radius 3 is 2.50 bits per heavy atom. The molecule has 102 valence electrons. The number of rotatable bonds is 5. The molecule has 2 amide bonds. The summed E-state index contributed by atoms with van der Waals surface area (Å²) >= 11 is 1.16. The number of hydrogen-bond acceptors (Lipinski definition) is 5. The molecule has 2 N–H and O–H groups in total. The van der Waals surface area contributed by atoms with Crippen LogP contribution in [0.5, 0.6) is 0 Å². The third-order valence-corrected chi connectivity index (χ3v) is 3.08. The van der Waals surface area contributed by atoms with E-state index in [-0.39, 0.29) is 16.4 Å². The molecule has 0 aromatic heterocycles. The molecule has 0 atom stereocenters. The smallest absolute Gasteiger partial charge is 0.279 e. The van der Waals surface area contributed by atoms with Crippen molar-refractivity contribution in [3.8, 4) is 0 Å². The second-order valence-corrected chi connectivity index (χ2v) is 5.12. The molecule has 0 bridgehead atoms. The predicted octanol–water partition coefficient (Wildman–Crippen LogP) is 0.494. The van der Waals surface area contributed by atoms with Crippen LogP contribution < -0.4 is 10.6 Å². The van der Waals surface area contributed by atoms with Crippen LogP contribution in [0, 0.1) is 0 Å². The second-order valence-electron chi connectivity index (χ2n) is 3.85. The average Bonchev–Trinajstić information content (AvgIpc) is 2.35. The minimum absolute atomic E-state index is 0.0313. The molecule has 1 aliphatic heterocycles. The van der Waals surface area contributed by atoms with Gasteiger partial charge < -0.3 is 20.1 Å². The van der Waals surface area contributed by atoms with Crippen molar-refractivity contribution in [1.29, 1.82) is 0 Å². The van der Waals surface area contributed by atoms with Gasteiger partial charge in [0.1, 0.15) is 6.79 Å². The molecule has 1 heterocycles. The lowest BCUT2D eigenvalue weighted by molar-refractivity contribution is -0.117. The molecule has 1 fully saturated rings. The van der Waals surface area contributed by atoms with E-state index in [1.807, 2.05) is 0 Å². The van der Waals surface area contributed by atoms with Crippen molar-refractivity contribution in [2.75, 3.05) is 33.1 Å². The van der Waals surface area contributed by atoms with Crippen molar-refractivity contribution in [2.45, 2.75) is 12.2 Å². The van der Waals surface area contributed by atoms with Crippen molar-refractivity contribution in [3.05, 3.63) is 12.2 Å². The highest BCUT2D eigenvalue weighted by Gasteiger charge is 2.18. The lowest BCUT2D eigenvalue weighted by Crippen LogP contribution is -2.35. The van der Waals surface area contributed by atoms with E-state index in [1.165, 1.54) is 0 Å². The molecule has 0 aliphatic carbocycles. The van der Waals surface area contributed by atoms with Gasteiger partial charge in [0, 0.05) is 18.7 Å². The summed E-state index contributed by atoms with van der Waals surface area (Å²) in [5.41, 5.74) is 0.451. The first kappa shape index (κ1) is 15.0. The van der Waals surface area contributed by atoms with E-state index in [0.29, 0.717) is 38.7 Å². The third-order valence-electron chi connectivity index (χ3n) is 2.12. The SMILES string of the molecule is C=C(C)C(=O)NCCNC(=O)SC1COCOC1. The monoisotopic (exact) mass is 274 g/mol. The lowest BCUT2D eigenvalue weighted by atomic mass is 10.3. The number of amides is 2. The van der Waals surface area contributed by atoms with E-state index < -0.39 is 0 Å². The number of nitrogens with one attached hydrogen (secondary N) is 2. The largest absolute Gasteiger partial charge is 0.354 e. The van der Waals surface area contributed by atoms with Gasteiger partial charge in [-0.05, 0) is 6.92 Å². The van der Waals surface area contributed by atoms with Gasteiger partial charge in [-0.2, -0.15) is 0 Å². The maximum absolute atomic E-state index is 11.5. The van der Waals surface area contributed by atoms with Gasteiger partial charge in [-0.25, -0.2) is 0 Å². The molecule has 1 rings (SSSR count). The number of carbonyl (C=O) groups is 2. The first-order valence-electron chi connectivity index (χ1n) is 5.63. The lowest BCUT2D eigenvalue weighted by Gasteiger charge is -2.21. The fourth-order valence-electron chi connectivity index (χ4n) is 1.22. The van der Waals surface area contributed by atoms with Crippen molar-refractivity contribution in [2.24, 2.45) is 0 Å². The molecule has 0 saturated carbocycles. The highest BCUT2D eigenvalue weighted by atomic mass is 32.2. The van der Waals surface area contributed by atoms with Crippen LogP contribution in [0.1, 0.15) is 6.92 Å². The minimum atomic E-state index is -0.203. The molecule has 18 heavy (non-hydrogen) atoms. The van der Waals surface area contributed by atoms with Crippen LogP contribution in [0.15, 0.2) is 12.2 Å². The highest BCUT2D eigenvalue weighted by molar-refractivity contribution is 8.14. The Hall–Kier alpha value is -1.05. The summed E-state index contributed by atoms with van der Waals surface area (Å²) in [5.74, 6) is -0.203. The molecule has 7 heteroatoms. The van der Waals surface area contributed by atoms with Crippen LogP contribution in [-0.4, -0.2) is 49.5 Å². The Kier molecular flexibility index (Phi) is 6.77. The number of ether oxygens (including phenoxy) is 2. The van der Waals surface area contributed by atoms with Gasteiger partial charge >= 0.3 is 0 Å². The maximum Gasteiger partial charge on any atom is 0.279 e. The molecule has 0 aromatic carbocycles. The van der Waals surface area contributed by atoms with Crippen LogP contribution in [0.2, 0.25) is 0 Å². The Morgan fingerprint density at radius 1 is 1.28 bits per heavy atom. The number of hydrogen-bond donors (Lipinski definition) is 2. The van der Waals surface area contributed by atoms with Crippen molar-refractivity contribution in [3.63, 3.8) is 0 Å². The molecule has 0 unspecified atom stereocenters. The summed E-state index contributed by atoms with van der Waals surface area (Å²) in [7, 11) is 0. The predicted molar refractivity (Wildman–Crippen MR) is 69.4 cm³/mol. The molecule has 1 aliphatic rings. The van der Waals surface area contributed by atoms with E-state index in [1.54, 1.807) is 6.92 Å². The summed E-state index contributed by atoms with van der Waals surface area (Å²) in [6, 6.07) is 0. The molecule has 0 spiro atoms. The first-order valence-corrected chi connectivity index (χ1v) is 6.51. The molecule has 1 saturated heterocycles. The summed E-state index contributed by atoms with van der Waals surface area (Å²) in [6.07, 6.45) is 0. The maximum atomic E-state index is 11.5. The van der Waals surface area contributed by atoms with Gasteiger partial charge in [0.25, 0.3) is 5.24 Å². The van der Waals surface area contributed by atoms with Gasteiger partial charge in [0.2, 0.25) is 5.91 Å². The highest BCUT2D eigenvalue weighted by Crippen LogP contribution is 2.15. The van der Waals surface area contributed by atoms with E-state index in [0.717, 1.165) is 11.8 Å². The van der Waals surface area contributed by atoms with Crippen LogP contribution >= 0.6 is 11.8 Å². The Balaban J connectivity index is 2.06. The second kappa shape index (κ2) is 8.12. The number of carbonyl (C=O) groups excluding carboxylic acids is 2. The molecular formula is C11H18N2O4S. The van der Waals surface area contributed by atoms with Gasteiger partial charge in [-0.3, -0.25) is 9.59 Å². The van der Waals surface area contributed by atoms with Crippen LogP contribution in [0.3, 0.4) is 0 Å². The van der Waals surface area contributed by atoms with E-state index in [4.69, 9.17) is 9.47 Å². The van der Waals surface area contributed by atoms with Crippen LogP contribution in [-0.2, 0) is 14.3 Å². The summed E-state index contributed by atoms with van der Waals surface area (Å²) < 4.78 is 10.2. The summed E-state index contributed by atoms with van der Waals surface area (Å²) in [5, 5.41) is 5.21.